The van der Waals surface area contributed by atoms with Crippen molar-refractivity contribution in [2.45, 2.75) is 31.4 Å². The van der Waals surface area contributed by atoms with E-state index in [0.717, 1.165) is 25.3 Å². The Balaban J connectivity index is 1.58. The first-order valence-electron chi connectivity index (χ1n) is 9.44. The number of halogens is 2. The second kappa shape index (κ2) is 8.42. The van der Waals surface area contributed by atoms with Gasteiger partial charge in [0.25, 0.3) is 0 Å². The highest BCUT2D eigenvalue weighted by atomic mass is 19.2. The molecule has 4 rings (SSSR count). The molecule has 2 aromatic heterocycles. The van der Waals surface area contributed by atoms with Crippen LogP contribution in [0.4, 0.5) is 20.4 Å². The Bertz CT molecular complexity index is 1080. The molecule has 1 saturated carbocycles. The van der Waals surface area contributed by atoms with Crippen LogP contribution in [0.5, 0.6) is 5.75 Å². The maximum Gasteiger partial charge on any atom is 0.171 e. The summed E-state index contributed by atoms with van der Waals surface area (Å²) in [5, 5.41) is 21.7. The van der Waals surface area contributed by atoms with Gasteiger partial charge in [-0.15, -0.1) is 0 Å². The zero-order valence-corrected chi connectivity index (χ0v) is 16.1. The van der Waals surface area contributed by atoms with Gasteiger partial charge in [0.15, 0.2) is 23.1 Å². The number of nitrogens with zero attached hydrogens (tertiary/aromatic N) is 4. The van der Waals surface area contributed by atoms with Crippen LogP contribution in [0.15, 0.2) is 30.6 Å². The summed E-state index contributed by atoms with van der Waals surface area (Å²) in [5.41, 5.74) is 0.419. The van der Waals surface area contributed by atoms with E-state index >= 15 is 0 Å². The number of hydrogen-bond donors (Lipinski definition) is 3. The number of ether oxygens (including phenoxy) is 1. The third kappa shape index (κ3) is 4.06. The summed E-state index contributed by atoms with van der Waals surface area (Å²) in [4.78, 5) is 7.95. The molecule has 3 N–H and O–H groups in total. The minimum absolute atomic E-state index is 0.0191. The molecule has 2 heterocycles. The van der Waals surface area contributed by atoms with Crippen LogP contribution >= 0.6 is 0 Å². The number of nitriles is 1. The molecule has 10 heteroatoms. The van der Waals surface area contributed by atoms with E-state index in [-0.39, 0.29) is 28.8 Å². The number of anilines is 2. The summed E-state index contributed by atoms with van der Waals surface area (Å²) in [6, 6.07) is 6.24. The predicted octanol–water partition coefficient (Wildman–Crippen LogP) is 3.28. The first-order valence-corrected chi connectivity index (χ1v) is 9.44. The van der Waals surface area contributed by atoms with Crippen molar-refractivity contribution in [3.05, 3.63) is 47.9 Å². The molecule has 0 amide bonds. The summed E-state index contributed by atoms with van der Waals surface area (Å²) in [6.45, 7) is 0. The maximum atomic E-state index is 14.7. The van der Waals surface area contributed by atoms with Crippen molar-refractivity contribution in [3.8, 4) is 23.1 Å². The molecule has 0 unspecified atom stereocenters. The second-order valence-corrected chi connectivity index (χ2v) is 6.96. The molecule has 1 fully saturated rings. The van der Waals surface area contributed by atoms with E-state index < -0.39 is 11.6 Å². The topological polar surface area (TPSA) is 112 Å². The van der Waals surface area contributed by atoms with Crippen LogP contribution < -0.4 is 15.4 Å². The molecule has 2 atom stereocenters. The van der Waals surface area contributed by atoms with E-state index in [1.165, 1.54) is 24.5 Å². The quantitative estimate of drug-likeness (QED) is 0.571. The van der Waals surface area contributed by atoms with Crippen molar-refractivity contribution >= 4 is 11.6 Å². The lowest BCUT2D eigenvalue weighted by Crippen LogP contribution is -2.23. The number of rotatable bonds is 6. The summed E-state index contributed by atoms with van der Waals surface area (Å²) in [7, 11) is 1.90. The molecule has 8 nitrogen and oxygen atoms in total. The van der Waals surface area contributed by atoms with Crippen molar-refractivity contribution < 1.29 is 13.5 Å². The fourth-order valence-electron chi connectivity index (χ4n) is 3.47. The smallest absolute Gasteiger partial charge is 0.171 e. The predicted molar refractivity (Wildman–Crippen MR) is 105 cm³/mol. The molecule has 1 aliphatic carbocycles. The fourth-order valence-corrected chi connectivity index (χ4v) is 3.47. The van der Waals surface area contributed by atoms with E-state index in [9.17, 15) is 8.78 Å². The van der Waals surface area contributed by atoms with Gasteiger partial charge in [-0.1, -0.05) is 0 Å². The fraction of sp³-hybridized carbons (Fsp3) is 0.300. The standard InChI is InChI=1S/C20H19F2N7O/c1-24-11-2-3-13(6-11)30-16-5-4-14(21)20(22)19(16)15-7-17(29-28-15)27-18-10-25-12(8-23)9-26-18/h4-5,7,9-11,13,24H,2-3,6H2,1H3,(H2,26,27,28,29)/t11-,13-/m1/s1. The molecular formula is C20H19F2N7O. The van der Waals surface area contributed by atoms with Crippen LogP contribution in [0, 0.1) is 23.0 Å². The molecule has 1 aliphatic rings. The molecule has 0 bridgehead atoms. The van der Waals surface area contributed by atoms with Crippen LogP contribution in [0.3, 0.4) is 0 Å². The van der Waals surface area contributed by atoms with Gasteiger partial charge >= 0.3 is 0 Å². The highest BCUT2D eigenvalue weighted by Gasteiger charge is 2.27. The summed E-state index contributed by atoms with van der Waals surface area (Å²) >= 11 is 0. The van der Waals surface area contributed by atoms with Gasteiger partial charge in [-0.3, -0.25) is 5.10 Å². The van der Waals surface area contributed by atoms with E-state index in [1.807, 2.05) is 13.1 Å². The molecular weight excluding hydrogens is 392 g/mol. The molecule has 154 valence electrons. The third-order valence-electron chi connectivity index (χ3n) is 5.01. The first-order chi connectivity index (χ1) is 14.6. The van der Waals surface area contributed by atoms with Crippen molar-refractivity contribution in [2.24, 2.45) is 0 Å². The Morgan fingerprint density at radius 3 is 2.77 bits per heavy atom. The van der Waals surface area contributed by atoms with Crippen molar-refractivity contribution in [1.29, 1.82) is 5.26 Å². The molecule has 1 aromatic carbocycles. The molecule has 0 aliphatic heterocycles. The molecule has 3 aromatic rings. The normalized spacial score (nSPS) is 18.2. The first kappa shape index (κ1) is 19.7. The number of H-pyrrole nitrogens is 1. The number of aromatic amines is 1. The number of aromatic nitrogens is 4. The molecule has 0 radical (unpaired) electrons. The minimum atomic E-state index is -1.01. The zero-order valence-electron chi connectivity index (χ0n) is 16.1. The lowest BCUT2D eigenvalue weighted by molar-refractivity contribution is 0.206. The zero-order chi connectivity index (χ0) is 21.1. The molecule has 0 saturated heterocycles. The second-order valence-electron chi connectivity index (χ2n) is 6.96. The number of hydrogen-bond acceptors (Lipinski definition) is 7. The van der Waals surface area contributed by atoms with E-state index in [2.05, 4.69) is 30.8 Å². The van der Waals surface area contributed by atoms with Gasteiger partial charge in [0, 0.05) is 12.1 Å². The SMILES string of the molecule is CN[C@@H]1CC[C@@H](Oc2ccc(F)c(F)c2-c2cc(Nc3cnc(C#N)cn3)n[nH]2)C1. The van der Waals surface area contributed by atoms with Gasteiger partial charge in [0.2, 0.25) is 0 Å². The third-order valence-corrected chi connectivity index (χ3v) is 5.01. The monoisotopic (exact) mass is 411 g/mol. The highest BCUT2D eigenvalue weighted by molar-refractivity contribution is 5.71. The molecule has 0 spiro atoms. The van der Waals surface area contributed by atoms with Gasteiger partial charge in [-0.05, 0) is 38.4 Å². The van der Waals surface area contributed by atoms with Gasteiger partial charge in [0.05, 0.1) is 23.7 Å². The summed E-state index contributed by atoms with van der Waals surface area (Å²) in [6.07, 6.45) is 5.19. The minimum Gasteiger partial charge on any atom is -0.490 e. The van der Waals surface area contributed by atoms with E-state index in [0.29, 0.717) is 17.7 Å². The van der Waals surface area contributed by atoms with Crippen molar-refractivity contribution in [1.82, 2.24) is 25.5 Å². The van der Waals surface area contributed by atoms with Gasteiger partial charge in [-0.25, -0.2) is 18.7 Å². The van der Waals surface area contributed by atoms with Gasteiger partial charge in [-0.2, -0.15) is 10.4 Å². The summed E-state index contributed by atoms with van der Waals surface area (Å²) < 4.78 is 34.7. The van der Waals surface area contributed by atoms with Crippen molar-refractivity contribution in [3.63, 3.8) is 0 Å². The Morgan fingerprint density at radius 2 is 2.07 bits per heavy atom. The average molecular weight is 411 g/mol. The highest BCUT2D eigenvalue weighted by Crippen LogP contribution is 2.36. The largest absolute Gasteiger partial charge is 0.490 e. The van der Waals surface area contributed by atoms with Crippen LogP contribution in [0.2, 0.25) is 0 Å². The number of benzene rings is 1. The van der Waals surface area contributed by atoms with E-state index in [1.54, 1.807) is 0 Å². The Hall–Kier alpha value is -3.58. The van der Waals surface area contributed by atoms with Crippen LogP contribution in [0.25, 0.3) is 11.3 Å². The lowest BCUT2D eigenvalue weighted by Gasteiger charge is -2.17. The van der Waals surface area contributed by atoms with Crippen LogP contribution in [0.1, 0.15) is 25.0 Å². The lowest BCUT2D eigenvalue weighted by atomic mass is 10.1. The van der Waals surface area contributed by atoms with Crippen molar-refractivity contribution in [2.75, 3.05) is 12.4 Å². The molecule has 30 heavy (non-hydrogen) atoms. The Kier molecular flexibility index (Phi) is 5.54. The maximum absolute atomic E-state index is 14.7. The van der Waals surface area contributed by atoms with Crippen LogP contribution in [-0.4, -0.2) is 39.4 Å². The number of nitrogens with one attached hydrogen (secondary N) is 3. The average Bonchev–Trinajstić information content (AvgIpc) is 3.41. The van der Waals surface area contributed by atoms with Crippen LogP contribution in [-0.2, 0) is 0 Å². The Morgan fingerprint density at radius 1 is 1.20 bits per heavy atom. The van der Waals surface area contributed by atoms with Gasteiger partial charge < -0.3 is 15.4 Å². The van der Waals surface area contributed by atoms with Gasteiger partial charge in [0.1, 0.15) is 23.7 Å². The summed E-state index contributed by atoms with van der Waals surface area (Å²) in [5.74, 6) is -1.05. The van der Waals surface area contributed by atoms with E-state index in [4.69, 9.17) is 10.00 Å². The Labute approximate surface area is 171 Å².